The second kappa shape index (κ2) is 11.4. The molecule has 0 saturated heterocycles. The molecular formula is C28H25N5O4S. The third-order valence-electron chi connectivity index (χ3n) is 6.26. The smallest absolute Gasteiger partial charge is 0.269 e. The number of carbonyl (C=O) groups is 2. The predicted molar refractivity (Wildman–Crippen MR) is 147 cm³/mol. The van der Waals surface area contributed by atoms with Gasteiger partial charge in [0.05, 0.1) is 10.6 Å². The number of nitro benzene ring substituents is 1. The Morgan fingerprint density at radius 3 is 2.61 bits per heavy atom. The van der Waals surface area contributed by atoms with Crippen LogP contribution in [0.3, 0.4) is 0 Å². The SMILES string of the molecule is O=C(CC[C@@H]1N=C2c3ccccc3N=C(SCc3cccc([N+](=O)[O-])c3)N2C1=O)NCCc1ccccc1. The van der Waals surface area contributed by atoms with Gasteiger partial charge in [-0.3, -0.25) is 24.7 Å². The summed E-state index contributed by atoms with van der Waals surface area (Å²) in [5, 5.41) is 14.5. The summed E-state index contributed by atoms with van der Waals surface area (Å²) in [5.41, 5.74) is 3.38. The molecule has 38 heavy (non-hydrogen) atoms. The number of carbonyl (C=O) groups excluding carboxylic acids is 2. The maximum Gasteiger partial charge on any atom is 0.269 e. The van der Waals surface area contributed by atoms with E-state index < -0.39 is 11.0 Å². The highest BCUT2D eigenvalue weighted by Crippen LogP contribution is 2.35. The Bertz CT molecular complexity index is 1440. The third-order valence-corrected chi connectivity index (χ3v) is 7.27. The van der Waals surface area contributed by atoms with E-state index in [2.05, 4.69) is 5.32 Å². The Balaban J connectivity index is 1.25. The van der Waals surface area contributed by atoms with E-state index >= 15 is 0 Å². The van der Waals surface area contributed by atoms with Gasteiger partial charge in [-0.15, -0.1) is 0 Å². The van der Waals surface area contributed by atoms with Crippen molar-refractivity contribution in [3.63, 3.8) is 0 Å². The summed E-state index contributed by atoms with van der Waals surface area (Å²) in [5.74, 6) is 0.579. The molecule has 5 rings (SSSR count). The number of non-ortho nitro benzene ring substituents is 1. The summed E-state index contributed by atoms with van der Waals surface area (Å²) in [6.45, 7) is 0.528. The number of nitro groups is 1. The molecule has 10 heteroatoms. The van der Waals surface area contributed by atoms with Crippen LogP contribution in [0.25, 0.3) is 0 Å². The van der Waals surface area contributed by atoms with Crippen LogP contribution in [-0.4, -0.2) is 45.2 Å². The summed E-state index contributed by atoms with van der Waals surface area (Å²) in [4.78, 5) is 47.5. The number of benzene rings is 3. The number of fused-ring (bicyclic) bond motifs is 3. The van der Waals surface area contributed by atoms with Crippen LogP contribution in [0.1, 0.15) is 29.5 Å². The van der Waals surface area contributed by atoms with Crippen LogP contribution in [0.15, 0.2) is 88.8 Å². The summed E-state index contributed by atoms with van der Waals surface area (Å²) < 4.78 is 0. The lowest BCUT2D eigenvalue weighted by Crippen LogP contribution is -2.41. The maximum absolute atomic E-state index is 13.4. The number of hydrogen-bond donors (Lipinski definition) is 1. The fourth-order valence-electron chi connectivity index (χ4n) is 4.34. The maximum atomic E-state index is 13.4. The average molecular weight is 528 g/mol. The molecule has 2 aliphatic heterocycles. The Labute approximate surface area is 223 Å². The Morgan fingerprint density at radius 2 is 1.79 bits per heavy atom. The van der Waals surface area contributed by atoms with Crippen molar-refractivity contribution in [1.82, 2.24) is 10.2 Å². The molecule has 3 aromatic carbocycles. The number of hydrogen-bond acceptors (Lipinski definition) is 7. The molecule has 9 nitrogen and oxygen atoms in total. The van der Waals surface area contributed by atoms with E-state index in [0.717, 1.165) is 23.1 Å². The molecule has 0 aromatic heterocycles. The van der Waals surface area contributed by atoms with Gasteiger partial charge < -0.3 is 5.32 Å². The quantitative estimate of drug-likeness (QED) is 0.322. The fourth-order valence-corrected chi connectivity index (χ4v) is 5.29. The van der Waals surface area contributed by atoms with Gasteiger partial charge in [0, 0.05) is 36.4 Å². The normalized spacial score (nSPS) is 15.8. The zero-order valence-electron chi connectivity index (χ0n) is 20.4. The van der Waals surface area contributed by atoms with Crippen molar-refractivity contribution in [2.75, 3.05) is 6.54 Å². The molecule has 2 amide bonds. The second-order valence-corrected chi connectivity index (χ2v) is 9.84. The Kier molecular flexibility index (Phi) is 7.60. The first kappa shape index (κ1) is 25.3. The van der Waals surface area contributed by atoms with E-state index in [1.54, 1.807) is 12.1 Å². The molecule has 0 bridgehead atoms. The summed E-state index contributed by atoms with van der Waals surface area (Å²) >= 11 is 1.32. The van der Waals surface area contributed by atoms with E-state index in [-0.39, 0.29) is 23.9 Å². The number of aliphatic imine (C=N–C) groups is 2. The van der Waals surface area contributed by atoms with Crippen LogP contribution in [0.2, 0.25) is 0 Å². The lowest BCUT2D eigenvalue weighted by Gasteiger charge is -2.25. The molecule has 0 unspecified atom stereocenters. The first-order valence-electron chi connectivity index (χ1n) is 12.3. The zero-order valence-corrected chi connectivity index (χ0v) is 21.3. The molecule has 192 valence electrons. The topological polar surface area (TPSA) is 117 Å². The molecule has 1 N–H and O–H groups in total. The fraction of sp³-hybridized carbons (Fsp3) is 0.214. The van der Waals surface area contributed by atoms with Crippen LogP contribution in [0.4, 0.5) is 11.4 Å². The van der Waals surface area contributed by atoms with Gasteiger partial charge in [-0.1, -0.05) is 66.4 Å². The van der Waals surface area contributed by atoms with Crippen LogP contribution >= 0.6 is 11.8 Å². The van der Waals surface area contributed by atoms with E-state index in [0.29, 0.717) is 35.4 Å². The molecule has 0 aliphatic carbocycles. The van der Waals surface area contributed by atoms with Gasteiger partial charge >= 0.3 is 0 Å². The molecule has 1 atom stereocenters. The van der Waals surface area contributed by atoms with Gasteiger partial charge in [0.15, 0.2) is 5.17 Å². The monoisotopic (exact) mass is 527 g/mol. The van der Waals surface area contributed by atoms with Crippen molar-refractivity contribution in [3.8, 4) is 0 Å². The molecule has 0 saturated carbocycles. The van der Waals surface area contributed by atoms with Gasteiger partial charge in [-0.05, 0) is 36.1 Å². The number of thioether (sulfide) groups is 1. The molecule has 0 fully saturated rings. The first-order chi connectivity index (χ1) is 18.5. The number of amides is 2. The van der Waals surface area contributed by atoms with Crippen molar-refractivity contribution in [1.29, 1.82) is 0 Å². The lowest BCUT2D eigenvalue weighted by molar-refractivity contribution is -0.384. The van der Waals surface area contributed by atoms with Crippen molar-refractivity contribution in [2.45, 2.75) is 31.1 Å². The number of nitrogens with one attached hydrogen (secondary N) is 1. The standard InChI is InChI=1S/C28H25N5O4S/c34-25(29-16-15-19-7-2-1-3-8-19)14-13-24-27(35)32-26(30-24)22-11-4-5-12-23(22)31-28(32)38-18-20-9-6-10-21(17-20)33(36)37/h1-12,17,24H,13-16,18H2,(H,29,34)/t24-/m0/s1. The highest BCUT2D eigenvalue weighted by Gasteiger charge is 2.41. The molecule has 2 aliphatic rings. The second-order valence-electron chi connectivity index (χ2n) is 8.89. The zero-order chi connectivity index (χ0) is 26.5. The summed E-state index contributed by atoms with van der Waals surface area (Å²) in [6.07, 6.45) is 1.22. The van der Waals surface area contributed by atoms with Crippen LogP contribution in [-0.2, 0) is 21.8 Å². The molecular weight excluding hydrogens is 502 g/mol. The number of para-hydroxylation sites is 1. The van der Waals surface area contributed by atoms with Gasteiger partial charge in [-0.2, -0.15) is 0 Å². The lowest BCUT2D eigenvalue weighted by atomic mass is 10.1. The largest absolute Gasteiger partial charge is 0.356 e. The minimum atomic E-state index is -0.681. The minimum absolute atomic E-state index is 0.0145. The van der Waals surface area contributed by atoms with Gasteiger partial charge in [-0.25, -0.2) is 9.89 Å². The van der Waals surface area contributed by atoms with Crippen molar-refractivity contribution >= 4 is 46.0 Å². The molecule has 0 radical (unpaired) electrons. The van der Waals surface area contributed by atoms with Crippen molar-refractivity contribution in [3.05, 3.63) is 106 Å². The predicted octanol–water partition coefficient (Wildman–Crippen LogP) is 4.63. The number of nitrogens with zero attached hydrogens (tertiary/aromatic N) is 4. The van der Waals surface area contributed by atoms with Gasteiger partial charge in [0.1, 0.15) is 11.9 Å². The van der Waals surface area contributed by atoms with E-state index in [9.17, 15) is 19.7 Å². The van der Waals surface area contributed by atoms with Crippen molar-refractivity contribution in [2.24, 2.45) is 9.98 Å². The number of rotatable bonds is 9. The average Bonchev–Trinajstić information content (AvgIpc) is 3.28. The van der Waals surface area contributed by atoms with E-state index in [1.165, 1.54) is 28.8 Å². The highest BCUT2D eigenvalue weighted by atomic mass is 32.2. The third kappa shape index (κ3) is 5.65. The van der Waals surface area contributed by atoms with Crippen LogP contribution < -0.4 is 5.32 Å². The molecule has 2 heterocycles. The summed E-state index contributed by atoms with van der Waals surface area (Å²) in [6, 6.07) is 23.1. The number of amidine groups is 2. The Morgan fingerprint density at radius 1 is 1.03 bits per heavy atom. The van der Waals surface area contributed by atoms with Gasteiger partial charge in [0.2, 0.25) is 5.91 Å². The minimum Gasteiger partial charge on any atom is -0.356 e. The van der Waals surface area contributed by atoms with Crippen molar-refractivity contribution < 1.29 is 14.5 Å². The first-order valence-corrected chi connectivity index (χ1v) is 13.2. The van der Waals surface area contributed by atoms with E-state index in [1.807, 2.05) is 54.6 Å². The molecule has 3 aromatic rings. The van der Waals surface area contributed by atoms with Crippen LogP contribution in [0.5, 0.6) is 0 Å². The van der Waals surface area contributed by atoms with Crippen LogP contribution in [0, 0.1) is 10.1 Å². The molecule has 0 spiro atoms. The van der Waals surface area contributed by atoms with Gasteiger partial charge in [0.25, 0.3) is 11.6 Å². The highest BCUT2D eigenvalue weighted by molar-refractivity contribution is 8.13. The Hall–Kier alpha value is -4.31. The van der Waals surface area contributed by atoms with E-state index in [4.69, 9.17) is 9.98 Å². The summed E-state index contributed by atoms with van der Waals surface area (Å²) in [7, 11) is 0.